The molecule has 0 aromatic heterocycles. The second-order valence-corrected chi connectivity index (χ2v) is 1.94. The number of carbonyl (C=O) groups is 1. The van der Waals surface area contributed by atoms with E-state index in [1.807, 2.05) is 0 Å². The summed E-state index contributed by atoms with van der Waals surface area (Å²) in [5.41, 5.74) is 4.75. The number of nitrogens with two attached hydrogens (primary N) is 1. The first-order valence-electron chi connectivity index (χ1n) is 1.80. The fourth-order valence-electron chi connectivity index (χ4n) is 0.141. The summed E-state index contributed by atoms with van der Waals surface area (Å²) in [6.07, 6.45) is 1.63. The molecule has 0 aromatic carbocycles. The molecule has 40 valence electrons. The second kappa shape index (κ2) is 3.74. The number of hydrogen-bond donors (Lipinski definition) is 1. The van der Waals surface area contributed by atoms with E-state index >= 15 is 0 Å². The molecular weight excluding hydrogens is 110 g/mol. The number of thioether (sulfide) groups is 1. The zero-order valence-electron chi connectivity index (χ0n) is 3.89. The van der Waals surface area contributed by atoms with Crippen molar-refractivity contribution in [2.75, 3.05) is 5.75 Å². The highest BCUT2D eigenvalue weighted by molar-refractivity contribution is 8.13. The number of carbonyl (C=O) groups excluding carboxylic acids is 1. The molecular formula is C4H7NOS. The van der Waals surface area contributed by atoms with Crippen molar-refractivity contribution in [3.63, 3.8) is 0 Å². The molecule has 0 aliphatic heterocycles. The van der Waals surface area contributed by atoms with Gasteiger partial charge in [-0.1, -0.05) is 17.8 Å². The van der Waals surface area contributed by atoms with Gasteiger partial charge in [-0.2, -0.15) is 0 Å². The van der Waals surface area contributed by atoms with Crippen molar-refractivity contribution in [2.24, 2.45) is 5.73 Å². The molecule has 0 spiro atoms. The largest absolute Gasteiger partial charge is 0.361 e. The van der Waals surface area contributed by atoms with Crippen LogP contribution in [0, 0.1) is 0 Å². The molecule has 0 aliphatic rings. The van der Waals surface area contributed by atoms with Crippen LogP contribution in [0.4, 0.5) is 4.79 Å². The molecule has 0 bridgehead atoms. The van der Waals surface area contributed by atoms with Crippen LogP contribution in [0.25, 0.3) is 0 Å². The molecule has 0 atom stereocenters. The van der Waals surface area contributed by atoms with Gasteiger partial charge in [0.2, 0.25) is 0 Å². The van der Waals surface area contributed by atoms with Crippen LogP contribution < -0.4 is 5.73 Å². The molecule has 0 aliphatic carbocycles. The van der Waals surface area contributed by atoms with Gasteiger partial charge in [-0.25, -0.2) is 0 Å². The second-order valence-electron chi connectivity index (χ2n) is 0.919. The van der Waals surface area contributed by atoms with E-state index in [0.29, 0.717) is 5.75 Å². The summed E-state index contributed by atoms with van der Waals surface area (Å²) in [5.74, 6) is 0.606. The molecule has 0 saturated heterocycles. The summed E-state index contributed by atoms with van der Waals surface area (Å²) >= 11 is 1.05. The van der Waals surface area contributed by atoms with E-state index in [1.165, 1.54) is 0 Å². The normalized spacial score (nSPS) is 8.00. The van der Waals surface area contributed by atoms with Crippen LogP contribution in [0.1, 0.15) is 0 Å². The Balaban J connectivity index is 2.97. The minimum atomic E-state index is -0.347. The monoisotopic (exact) mass is 117 g/mol. The Kier molecular flexibility index (Phi) is 3.50. The van der Waals surface area contributed by atoms with Gasteiger partial charge in [-0.05, 0) is 0 Å². The van der Waals surface area contributed by atoms with E-state index in [1.54, 1.807) is 6.08 Å². The third-order valence-electron chi connectivity index (χ3n) is 0.343. The van der Waals surface area contributed by atoms with E-state index in [0.717, 1.165) is 11.8 Å². The molecule has 0 rings (SSSR count). The lowest BCUT2D eigenvalue weighted by molar-refractivity contribution is 0.267. The molecule has 0 heterocycles. The van der Waals surface area contributed by atoms with Crippen LogP contribution in [0.5, 0.6) is 0 Å². The highest BCUT2D eigenvalue weighted by Gasteiger charge is 1.86. The van der Waals surface area contributed by atoms with Gasteiger partial charge in [-0.15, -0.1) is 6.58 Å². The Hall–Kier alpha value is -0.440. The average molecular weight is 117 g/mol. The minimum Gasteiger partial charge on any atom is -0.361 e. The number of hydrogen-bond acceptors (Lipinski definition) is 2. The van der Waals surface area contributed by atoms with Crippen molar-refractivity contribution in [3.8, 4) is 0 Å². The van der Waals surface area contributed by atoms with Gasteiger partial charge in [0.1, 0.15) is 0 Å². The summed E-state index contributed by atoms with van der Waals surface area (Å²) in [6.45, 7) is 3.40. The molecule has 3 heteroatoms. The Morgan fingerprint density at radius 3 is 2.71 bits per heavy atom. The third-order valence-corrected chi connectivity index (χ3v) is 1.03. The van der Waals surface area contributed by atoms with Gasteiger partial charge >= 0.3 is 0 Å². The van der Waals surface area contributed by atoms with E-state index in [2.05, 4.69) is 6.58 Å². The Bertz CT molecular complexity index is 81.8. The van der Waals surface area contributed by atoms with Gasteiger partial charge < -0.3 is 5.73 Å². The maximum atomic E-state index is 9.90. The Morgan fingerprint density at radius 1 is 2.00 bits per heavy atom. The molecule has 0 unspecified atom stereocenters. The van der Waals surface area contributed by atoms with Gasteiger partial charge in [0.05, 0.1) is 0 Å². The number of amides is 1. The number of rotatable bonds is 2. The highest BCUT2D eigenvalue weighted by atomic mass is 32.2. The first-order chi connectivity index (χ1) is 3.27. The Labute approximate surface area is 46.8 Å². The summed E-state index contributed by atoms with van der Waals surface area (Å²) in [6, 6.07) is 0. The first kappa shape index (κ1) is 6.56. The van der Waals surface area contributed by atoms with Crippen LogP contribution in [0.3, 0.4) is 0 Å². The summed E-state index contributed by atoms with van der Waals surface area (Å²) in [5, 5.41) is -0.347. The van der Waals surface area contributed by atoms with Crippen LogP contribution in [-0.2, 0) is 0 Å². The maximum Gasteiger partial charge on any atom is 0.276 e. The number of primary amides is 1. The topological polar surface area (TPSA) is 43.1 Å². The van der Waals surface area contributed by atoms with Crippen LogP contribution in [0.15, 0.2) is 12.7 Å². The first-order valence-corrected chi connectivity index (χ1v) is 2.79. The van der Waals surface area contributed by atoms with Crippen molar-refractivity contribution in [2.45, 2.75) is 0 Å². The van der Waals surface area contributed by atoms with Crippen LogP contribution in [-0.4, -0.2) is 11.0 Å². The molecule has 1 amide bonds. The van der Waals surface area contributed by atoms with Gasteiger partial charge in [-0.3, -0.25) is 4.79 Å². The molecule has 2 nitrogen and oxygen atoms in total. The quantitative estimate of drug-likeness (QED) is 0.548. The SMILES string of the molecule is C=CCSC(N)=O. The lowest BCUT2D eigenvalue weighted by Crippen LogP contribution is -2.01. The predicted molar refractivity (Wildman–Crippen MR) is 32.2 cm³/mol. The van der Waals surface area contributed by atoms with Gasteiger partial charge in [0.15, 0.2) is 0 Å². The van der Waals surface area contributed by atoms with Crippen molar-refractivity contribution in [3.05, 3.63) is 12.7 Å². The Morgan fingerprint density at radius 2 is 2.57 bits per heavy atom. The zero-order valence-corrected chi connectivity index (χ0v) is 4.70. The third kappa shape index (κ3) is 5.56. The van der Waals surface area contributed by atoms with E-state index in [9.17, 15) is 4.79 Å². The minimum absolute atomic E-state index is 0.347. The fourth-order valence-corrected chi connectivity index (χ4v) is 0.423. The molecule has 7 heavy (non-hydrogen) atoms. The summed E-state index contributed by atoms with van der Waals surface area (Å²) < 4.78 is 0. The molecule has 0 saturated carbocycles. The van der Waals surface area contributed by atoms with Gasteiger partial charge in [0, 0.05) is 5.75 Å². The summed E-state index contributed by atoms with van der Waals surface area (Å²) in [4.78, 5) is 9.90. The van der Waals surface area contributed by atoms with Crippen molar-refractivity contribution < 1.29 is 4.79 Å². The maximum absolute atomic E-state index is 9.90. The zero-order chi connectivity index (χ0) is 5.70. The lowest BCUT2D eigenvalue weighted by Gasteiger charge is -1.83. The van der Waals surface area contributed by atoms with Crippen molar-refractivity contribution in [1.82, 2.24) is 0 Å². The molecule has 0 fully saturated rings. The summed E-state index contributed by atoms with van der Waals surface area (Å²) in [7, 11) is 0. The van der Waals surface area contributed by atoms with Gasteiger partial charge in [0.25, 0.3) is 5.24 Å². The van der Waals surface area contributed by atoms with Crippen LogP contribution >= 0.6 is 11.8 Å². The van der Waals surface area contributed by atoms with Crippen LogP contribution in [0.2, 0.25) is 0 Å². The van der Waals surface area contributed by atoms with Crippen molar-refractivity contribution >= 4 is 17.0 Å². The molecule has 0 radical (unpaired) electrons. The molecule has 2 N–H and O–H groups in total. The van der Waals surface area contributed by atoms with E-state index in [4.69, 9.17) is 5.73 Å². The predicted octanol–water partition coefficient (Wildman–Crippen LogP) is 0.984. The van der Waals surface area contributed by atoms with E-state index in [-0.39, 0.29) is 5.24 Å². The average Bonchev–Trinajstić information content (AvgIpc) is 1.61. The standard InChI is InChI=1S/C4H7NOS/c1-2-3-7-4(5)6/h2H,1,3H2,(H2,5,6). The van der Waals surface area contributed by atoms with E-state index < -0.39 is 0 Å². The lowest BCUT2D eigenvalue weighted by atomic mass is 10.8. The molecule has 0 aromatic rings. The smallest absolute Gasteiger partial charge is 0.276 e. The van der Waals surface area contributed by atoms with Crippen molar-refractivity contribution in [1.29, 1.82) is 0 Å². The fraction of sp³-hybridized carbons (Fsp3) is 0.250. The highest BCUT2D eigenvalue weighted by Crippen LogP contribution is 1.96.